The molecule has 33 heavy (non-hydrogen) atoms. The van der Waals surface area contributed by atoms with Gasteiger partial charge in [0.15, 0.2) is 0 Å². The third-order valence-corrected chi connectivity index (χ3v) is 5.94. The Labute approximate surface area is 193 Å². The number of nitrogens with zero attached hydrogens (tertiary/aromatic N) is 5. The number of anilines is 1. The molecule has 0 spiro atoms. The predicted octanol–water partition coefficient (Wildman–Crippen LogP) is 2.69. The van der Waals surface area contributed by atoms with Gasteiger partial charge in [0.05, 0.1) is 36.7 Å². The maximum absolute atomic E-state index is 6.13. The highest BCUT2D eigenvalue weighted by Crippen LogP contribution is 2.28. The monoisotopic (exact) mass is 447 g/mol. The molecule has 1 fully saturated rings. The van der Waals surface area contributed by atoms with Crippen molar-refractivity contribution in [3.05, 3.63) is 60.0 Å². The number of rotatable bonds is 8. The summed E-state index contributed by atoms with van der Waals surface area (Å²) in [4.78, 5) is 20.1. The van der Waals surface area contributed by atoms with Crippen LogP contribution in [0.15, 0.2) is 59.3 Å². The summed E-state index contributed by atoms with van der Waals surface area (Å²) in [6.07, 6.45) is 14.1. The number of likely N-dealkylation sites (tertiary alicyclic amines) is 1. The molecule has 2 atom stereocenters. The van der Waals surface area contributed by atoms with E-state index in [1.807, 2.05) is 25.1 Å². The normalized spacial score (nSPS) is 22.1. The highest BCUT2D eigenvalue weighted by molar-refractivity contribution is 5.64. The van der Waals surface area contributed by atoms with Crippen molar-refractivity contribution in [2.24, 2.45) is 4.99 Å². The van der Waals surface area contributed by atoms with E-state index in [9.17, 15) is 0 Å². The summed E-state index contributed by atoms with van der Waals surface area (Å²) in [6.45, 7) is 5.91. The predicted molar refractivity (Wildman–Crippen MR) is 126 cm³/mol. The number of aromatic nitrogens is 3. The smallest absolute Gasteiger partial charge is 0.214 e. The van der Waals surface area contributed by atoms with Gasteiger partial charge in [-0.05, 0) is 45.0 Å². The largest absolute Gasteiger partial charge is 0.491 e. The average Bonchev–Trinajstić information content (AvgIpc) is 3.36. The topological polar surface area (TPSA) is 96.8 Å². The molecule has 9 heteroatoms. The summed E-state index contributed by atoms with van der Waals surface area (Å²) < 4.78 is 12.0. The summed E-state index contributed by atoms with van der Waals surface area (Å²) in [6, 6.07) is 3.75. The number of ether oxygens (including phenoxy) is 2. The van der Waals surface area contributed by atoms with Gasteiger partial charge in [-0.25, -0.2) is 9.97 Å². The Morgan fingerprint density at radius 1 is 1.09 bits per heavy atom. The zero-order chi connectivity index (χ0) is 22.5. The molecule has 0 radical (unpaired) electrons. The van der Waals surface area contributed by atoms with Crippen LogP contribution in [0.1, 0.15) is 25.0 Å². The second-order valence-corrected chi connectivity index (χ2v) is 8.41. The van der Waals surface area contributed by atoms with Crippen LogP contribution in [-0.2, 0) is 0 Å². The molecule has 0 amide bonds. The van der Waals surface area contributed by atoms with Gasteiger partial charge in [0.25, 0.3) is 0 Å². The molecule has 0 saturated carbocycles. The van der Waals surface area contributed by atoms with Crippen LogP contribution in [-0.4, -0.2) is 64.6 Å². The fourth-order valence-corrected chi connectivity index (χ4v) is 4.17. The Balaban J connectivity index is 1.18. The van der Waals surface area contributed by atoms with Crippen molar-refractivity contribution in [2.45, 2.75) is 38.3 Å². The lowest BCUT2D eigenvalue weighted by Crippen LogP contribution is -2.34. The standard InChI is InChI=1S/C24H29N7O2/c1-17-13-26-22(15-25-17)30-24-20-12-18(4-6-21(20)28-16-29-24)33-23-7-5-19(14-27-23)32-11-10-31-8-2-3-9-31/h4-7,13-16,18,21H,2-3,8-12H2,1H3,(H,26,30)(H,28,29). The summed E-state index contributed by atoms with van der Waals surface area (Å²) in [5.74, 6) is 2.88. The Morgan fingerprint density at radius 2 is 2.00 bits per heavy atom. The molecule has 1 saturated heterocycles. The van der Waals surface area contributed by atoms with Gasteiger partial charge in [0.2, 0.25) is 5.88 Å². The first-order valence-corrected chi connectivity index (χ1v) is 11.5. The van der Waals surface area contributed by atoms with Gasteiger partial charge in [-0.1, -0.05) is 6.08 Å². The van der Waals surface area contributed by atoms with Crippen LogP contribution in [0, 0.1) is 6.92 Å². The van der Waals surface area contributed by atoms with E-state index in [1.165, 1.54) is 25.9 Å². The number of hydrogen-bond donors (Lipinski definition) is 2. The number of nitrogens with one attached hydrogen (secondary N) is 2. The van der Waals surface area contributed by atoms with Gasteiger partial charge in [-0.15, -0.1) is 0 Å². The zero-order valence-electron chi connectivity index (χ0n) is 18.8. The van der Waals surface area contributed by atoms with Crippen LogP contribution in [0.25, 0.3) is 0 Å². The third kappa shape index (κ3) is 5.48. The molecule has 1 aliphatic carbocycles. The molecule has 4 heterocycles. The van der Waals surface area contributed by atoms with Gasteiger partial charge < -0.3 is 20.1 Å². The molecule has 0 aromatic carbocycles. The summed E-state index contributed by atoms with van der Waals surface area (Å²) in [5, 5.41) is 6.51. The molecular formula is C24H29N7O2. The van der Waals surface area contributed by atoms with Crippen molar-refractivity contribution >= 4 is 12.2 Å². The number of fused-ring (bicyclic) bond motifs is 1. The lowest BCUT2D eigenvalue weighted by Gasteiger charge is -2.29. The molecule has 3 aliphatic rings. The number of hydrogen-bond acceptors (Lipinski definition) is 9. The fraction of sp³-hybridized carbons (Fsp3) is 0.417. The molecule has 172 valence electrons. The Morgan fingerprint density at radius 3 is 2.79 bits per heavy atom. The zero-order valence-corrected chi connectivity index (χ0v) is 18.8. The Bertz CT molecular complexity index is 1030. The fourth-order valence-electron chi connectivity index (χ4n) is 4.17. The highest BCUT2D eigenvalue weighted by atomic mass is 16.5. The van der Waals surface area contributed by atoms with Crippen molar-refractivity contribution in [3.8, 4) is 11.6 Å². The lowest BCUT2D eigenvalue weighted by molar-refractivity contribution is 0.227. The van der Waals surface area contributed by atoms with Crippen molar-refractivity contribution in [1.29, 1.82) is 0 Å². The molecule has 2 aromatic rings. The van der Waals surface area contributed by atoms with E-state index in [0.29, 0.717) is 24.7 Å². The first-order chi connectivity index (χ1) is 16.2. The minimum absolute atomic E-state index is 0.0219. The van der Waals surface area contributed by atoms with E-state index in [1.54, 1.807) is 24.9 Å². The molecule has 5 rings (SSSR count). The van der Waals surface area contributed by atoms with Crippen LogP contribution in [0.2, 0.25) is 0 Å². The summed E-state index contributed by atoms with van der Waals surface area (Å²) in [5.41, 5.74) is 1.98. The van der Waals surface area contributed by atoms with Crippen molar-refractivity contribution in [3.63, 3.8) is 0 Å². The van der Waals surface area contributed by atoms with Gasteiger partial charge in [-0.3, -0.25) is 14.9 Å². The van der Waals surface area contributed by atoms with E-state index in [2.05, 4.69) is 41.6 Å². The molecule has 2 unspecified atom stereocenters. The average molecular weight is 448 g/mol. The Kier molecular flexibility index (Phi) is 6.48. The quantitative estimate of drug-likeness (QED) is 0.597. The van der Waals surface area contributed by atoms with E-state index < -0.39 is 0 Å². The van der Waals surface area contributed by atoms with Gasteiger partial charge >= 0.3 is 0 Å². The Hall–Kier alpha value is -3.46. The van der Waals surface area contributed by atoms with Gasteiger partial charge in [-0.2, -0.15) is 0 Å². The number of pyridine rings is 1. The SMILES string of the molecule is Cc1cnc(NC2=C3CC(Oc4ccc(OCCN5CCCC5)cn4)C=CC3N=CN2)cn1. The highest BCUT2D eigenvalue weighted by Gasteiger charge is 2.27. The van der Waals surface area contributed by atoms with Crippen molar-refractivity contribution in [1.82, 2.24) is 25.2 Å². The molecule has 2 aliphatic heterocycles. The van der Waals surface area contributed by atoms with E-state index in [-0.39, 0.29) is 12.1 Å². The molecule has 2 N–H and O–H groups in total. The van der Waals surface area contributed by atoms with Crippen LogP contribution in [0.4, 0.5) is 5.82 Å². The minimum Gasteiger partial charge on any atom is -0.491 e. The first-order valence-electron chi connectivity index (χ1n) is 11.5. The van der Waals surface area contributed by atoms with Crippen LogP contribution >= 0.6 is 0 Å². The molecule has 9 nitrogen and oxygen atoms in total. The van der Waals surface area contributed by atoms with Gasteiger partial charge in [0, 0.05) is 24.6 Å². The van der Waals surface area contributed by atoms with Crippen LogP contribution in [0.3, 0.4) is 0 Å². The second kappa shape index (κ2) is 9.99. The van der Waals surface area contributed by atoms with Crippen LogP contribution < -0.4 is 20.1 Å². The summed E-state index contributed by atoms with van der Waals surface area (Å²) >= 11 is 0. The van der Waals surface area contributed by atoms with Gasteiger partial charge in [0.1, 0.15) is 30.1 Å². The molecule has 0 bridgehead atoms. The van der Waals surface area contributed by atoms with E-state index in [0.717, 1.165) is 29.4 Å². The third-order valence-electron chi connectivity index (χ3n) is 5.94. The van der Waals surface area contributed by atoms with Crippen molar-refractivity contribution in [2.75, 3.05) is 31.6 Å². The number of aliphatic imine (C=N–C) groups is 1. The van der Waals surface area contributed by atoms with E-state index in [4.69, 9.17) is 9.47 Å². The molecular weight excluding hydrogens is 418 g/mol. The molecule has 2 aromatic heterocycles. The van der Waals surface area contributed by atoms with E-state index >= 15 is 0 Å². The van der Waals surface area contributed by atoms with Crippen LogP contribution in [0.5, 0.6) is 11.6 Å². The maximum Gasteiger partial charge on any atom is 0.214 e. The second-order valence-electron chi connectivity index (χ2n) is 8.41. The lowest BCUT2D eigenvalue weighted by atomic mass is 9.93. The minimum atomic E-state index is -0.137. The maximum atomic E-state index is 6.13. The number of aryl methyl sites for hydroxylation is 1. The first kappa shape index (κ1) is 21.4. The van der Waals surface area contributed by atoms with Crippen molar-refractivity contribution < 1.29 is 9.47 Å². The summed E-state index contributed by atoms with van der Waals surface area (Å²) in [7, 11) is 0.